The summed E-state index contributed by atoms with van der Waals surface area (Å²) >= 11 is 6.47. The second-order valence-electron chi connectivity index (χ2n) is 11.7. The van der Waals surface area contributed by atoms with Crippen LogP contribution in [0.2, 0.25) is 5.02 Å². The minimum atomic E-state index is -5.08. The second kappa shape index (κ2) is 17.9. The molecule has 0 unspecified atom stereocenters. The van der Waals surface area contributed by atoms with Crippen LogP contribution in [0, 0.1) is 23.0 Å². The molecule has 4 N–H and O–H groups in total. The molecular weight excluding hydrogens is 735 g/mol. The Kier molecular flexibility index (Phi) is 13.7. The van der Waals surface area contributed by atoms with Crippen molar-refractivity contribution in [2.45, 2.75) is 25.1 Å². The van der Waals surface area contributed by atoms with Gasteiger partial charge in [-0.2, -0.15) is 22.8 Å². The highest BCUT2D eigenvalue weighted by Crippen LogP contribution is 2.30. The van der Waals surface area contributed by atoms with Crippen molar-refractivity contribution in [3.8, 4) is 23.1 Å². The fourth-order valence-corrected chi connectivity index (χ4v) is 5.75. The number of rotatable bonds is 10. The number of ether oxygens (including phenoxy) is 1. The first-order chi connectivity index (χ1) is 25.1. The maximum absolute atomic E-state index is 14.8. The van der Waals surface area contributed by atoms with Crippen molar-refractivity contribution in [1.82, 2.24) is 30.0 Å². The number of anilines is 1. The van der Waals surface area contributed by atoms with Crippen LogP contribution in [0.25, 0.3) is 11.3 Å². The van der Waals surface area contributed by atoms with Crippen molar-refractivity contribution < 1.29 is 51.0 Å². The van der Waals surface area contributed by atoms with Gasteiger partial charge in [0, 0.05) is 57.6 Å². The normalized spacial score (nSPS) is 15.9. The quantitative estimate of drug-likeness (QED) is 0.223. The van der Waals surface area contributed by atoms with E-state index in [2.05, 4.69) is 25.8 Å². The van der Waals surface area contributed by atoms with E-state index in [0.717, 1.165) is 19.4 Å². The molecular formula is C33H34ClF5N8O6. The van der Waals surface area contributed by atoms with Crippen molar-refractivity contribution in [1.29, 1.82) is 5.26 Å². The van der Waals surface area contributed by atoms with Crippen LogP contribution < -0.4 is 20.7 Å². The number of carbonyl (C=O) groups is 4. The van der Waals surface area contributed by atoms with Crippen LogP contribution in [0.1, 0.15) is 33.8 Å². The van der Waals surface area contributed by atoms with Gasteiger partial charge in [-0.05, 0) is 49.7 Å². The molecule has 0 saturated carbocycles. The van der Waals surface area contributed by atoms with Crippen molar-refractivity contribution in [2.75, 3.05) is 57.7 Å². The fraction of sp³-hybridized carbons (Fsp3) is 0.394. The van der Waals surface area contributed by atoms with E-state index in [1.807, 2.05) is 0 Å². The zero-order valence-corrected chi connectivity index (χ0v) is 28.9. The van der Waals surface area contributed by atoms with Gasteiger partial charge in [0.25, 0.3) is 11.8 Å². The summed E-state index contributed by atoms with van der Waals surface area (Å²) in [5, 5.41) is 24.7. The minimum Gasteiger partial charge on any atom is -0.476 e. The number of carboxylic acid groups (broad SMARTS) is 1. The summed E-state index contributed by atoms with van der Waals surface area (Å²) in [6, 6.07) is 8.60. The number of aromatic nitrogens is 2. The molecule has 2 aliphatic heterocycles. The Balaban J connectivity index is 0.000000815. The maximum Gasteiger partial charge on any atom is 0.490 e. The van der Waals surface area contributed by atoms with Crippen molar-refractivity contribution in [3.63, 3.8) is 0 Å². The SMILES string of the molecule is Cn1c(-c2ccc(OCC#N)c(F)c2F)cnc1C(=O)Nc1ccc(C(=O)N2CCN(CCNC(=O)[C@H]3CCCN3)CC2)c(Cl)c1.O=C(O)C(F)(F)F. The van der Waals surface area contributed by atoms with Crippen molar-refractivity contribution >= 4 is 41.0 Å². The van der Waals surface area contributed by atoms with E-state index in [1.54, 1.807) is 17.0 Å². The Morgan fingerprint density at radius 2 is 1.81 bits per heavy atom. The van der Waals surface area contributed by atoms with Crippen LogP contribution in [0.15, 0.2) is 36.5 Å². The lowest BCUT2D eigenvalue weighted by molar-refractivity contribution is -0.192. The molecule has 284 valence electrons. The molecule has 53 heavy (non-hydrogen) atoms. The van der Waals surface area contributed by atoms with E-state index in [0.29, 0.717) is 50.5 Å². The topological polar surface area (TPSA) is 182 Å². The summed E-state index contributed by atoms with van der Waals surface area (Å²) in [7, 11) is 1.48. The van der Waals surface area contributed by atoms with Crippen molar-refractivity contribution in [2.24, 2.45) is 7.05 Å². The summed E-state index contributed by atoms with van der Waals surface area (Å²) in [6.45, 7) is 4.01. The van der Waals surface area contributed by atoms with Gasteiger partial charge in [0.1, 0.15) is 6.07 Å². The molecule has 2 saturated heterocycles. The predicted molar refractivity (Wildman–Crippen MR) is 179 cm³/mol. The minimum absolute atomic E-state index is 0.0310. The average Bonchev–Trinajstić information content (AvgIpc) is 3.80. The summed E-state index contributed by atoms with van der Waals surface area (Å²) in [6.07, 6.45) is -1.98. The number of nitrogens with one attached hydrogen (secondary N) is 3. The lowest BCUT2D eigenvalue weighted by Gasteiger charge is -2.35. The molecule has 20 heteroatoms. The molecule has 3 heterocycles. The Bertz CT molecular complexity index is 1870. The van der Waals surface area contributed by atoms with Crippen LogP contribution in [0.4, 0.5) is 27.6 Å². The molecule has 1 aromatic heterocycles. The van der Waals surface area contributed by atoms with E-state index in [4.69, 9.17) is 31.5 Å². The summed E-state index contributed by atoms with van der Waals surface area (Å²) in [4.78, 5) is 55.3. The molecule has 5 rings (SSSR count). The lowest BCUT2D eigenvalue weighted by Crippen LogP contribution is -2.51. The number of hydrogen-bond donors (Lipinski definition) is 4. The molecule has 0 aliphatic carbocycles. The standard InChI is InChI=1S/C31H33ClF2N8O4.C2HF3O2/c1-40-24(21-6-7-25(46-16-8-35)27(34)26(21)33)18-38-28(40)30(44)39-19-4-5-20(22(32)17-19)31(45)42-14-12-41(13-15-42)11-10-37-29(43)23-3-2-9-36-23;3-2(4,5)1(6)7/h4-7,17-18,23,36H,2-3,9-16H2,1H3,(H,37,43)(H,39,44);(H,6,7)/t23-;/m1./s1. The van der Waals surface area contributed by atoms with Gasteiger partial charge < -0.3 is 35.3 Å². The highest BCUT2D eigenvalue weighted by molar-refractivity contribution is 6.34. The van der Waals surface area contributed by atoms with E-state index in [1.165, 1.54) is 42.1 Å². The number of benzene rings is 2. The van der Waals surface area contributed by atoms with Gasteiger partial charge in [0.15, 0.2) is 24.0 Å². The average molecular weight is 769 g/mol. The van der Waals surface area contributed by atoms with Crippen LogP contribution in [0.5, 0.6) is 5.75 Å². The van der Waals surface area contributed by atoms with Crippen molar-refractivity contribution in [3.05, 3.63) is 64.6 Å². The van der Waals surface area contributed by atoms with Crippen LogP contribution in [-0.4, -0.2) is 113 Å². The van der Waals surface area contributed by atoms with Gasteiger partial charge in [-0.25, -0.2) is 14.2 Å². The third kappa shape index (κ3) is 10.4. The predicted octanol–water partition coefficient (Wildman–Crippen LogP) is 3.43. The number of halogens is 6. The molecule has 2 aliphatic rings. The zero-order chi connectivity index (χ0) is 38.9. The molecule has 3 amide bonds. The highest BCUT2D eigenvalue weighted by atomic mass is 35.5. The molecule has 2 fully saturated rings. The Morgan fingerprint density at radius 1 is 1.11 bits per heavy atom. The number of nitriles is 1. The number of piperazine rings is 1. The smallest absolute Gasteiger partial charge is 0.476 e. The molecule has 1 atom stereocenters. The third-order valence-electron chi connectivity index (χ3n) is 8.27. The third-order valence-corrected chi connectivity index (χ3v) is 8.58. The fourth-order valence-electron chi connectivity index (χ4n) is 5.49. The Morgan fingerprint density at radius 3 is 2.42 bits per heavy atom. The number of nitrogens with zero attached hydrogens (tertiary/aromatic N) is 5. The zero-order valence-electron chi connectivity index (χ0n) is 28.1. The highest BCUT2D eigenvalue weighted by Gasteiger charge is 2.38. The Labute approximate surface area is 304 Å². The summed E-state index contributed by atoms with van der Waals surface area (Å²) in [5.74, 6) is -6.54. The number of carbonyl (C=O) groups excluding carboxylic acids is 3. The van der Waals surface area contributed by atoms with Gasteiger partial charge in [-0.1, -0.05) is 11.6 Å². The first-order valence-electron chi connectivity index (χ1n) is 16.1. The van der Waals surface area contributed by atoms with E-state index in [9.17, 15) is 36.3 Å². The van der Waals surface area contributed by atoms with Gasteiger partial charge in [0.05, 0.1) is 28.5 Å². The molecule has 0 bridgehead atoms. The van der Waals surface area contributed by atoms with Gasteiger partial charge in [0.2, 0.25) is 11.7 Å². The Hall–Kier alpha value is -5.32. The number of alkyl halides is 3. The molecule has 2 aromatic carbocycles. The number of hydrogen-bond acceptors (Lipinski definition) is 9. The van der Waals surface area contributed by atoms with E-state index < -0.39 is 42.0 Å². The number of carboxylic acids is 1. The summed E-state index contributed by atoms with van der Waals surface area (Å²) < 4.78 is 67.2. The number of imidazole rings is 1. The second-order valence-corrected chi connectivity index (χ2v) is 12.1. The molecule has 14 nitrogen and oxygen atoms in total. The van der Waals surface area contributed by atoms with Gasteiger partial charge in [-0.15, -0.1) is 0 Å². The van der Waals surface area contributed by atoms with Gasteiger partial charge in [-0.3, -0.25) is 19.3 Å². The molecule has 0 spiro atoms. The summed E-state index contributed by atoms with van der Waals surface area (Å²) in [5.41, 5.74) is 0.597. The van der Waals surface area contributed by atoms with Crippen LogP contribution in [-0.2, 0) is 16.6 Å². The maximum atomic E-state index is 14.8. The number of amides is 3. The van der Waals surface area contributed by atoms with E-state index >= 15 is 0 Å². The van der Waals surface area contributed by atoms with Crippen LogP contribution in [0.3, 0.4) is 0 Å². The largest absolute Gasteiger partial charge is 0.490 e. The first kappa shape index (κ1) is 40.5. The van der Waals surface area contributed by atoms with Crippen LogP contribution >= 0.6 is 11.6 Å². The van der Waals surface area contributed by atoms with Gasteiger partial charge >= 0.3 is 12.1 Å². The van der Waals surface area contributed by atoms with E-state index in [-0.39, 0.29) is 40.0 Å². The molecule has 3 aromatic rings. The monoisotopic (exact) mass is 768 g/mol. The number of aliphatic carboxylic acids is 1. The first-order valence-corrected chi connectivity index (χ1v) is 16.4. The molecule has 0 radical (unpaired) electrons. The lowest BCUT2D eigenvalue weighted by atomic mass is 10.1.